The number of nitrogens with zero attached hydrogens (tertiary/aromatic N) is 3. The Morgan fingerprint density at radius 3 is 2.91 bits per heavy atom. The highest BCUT2D eigenvalue weighted by Gasteiger charge is 2.17. The zero-order valence-corrected chi connectivity index (χ0v) is 14.0. The average Bonchev–Trinajstić information content (AvgIpc) is 2.52. The minimum absolute atomic E-state index is 0. The normalized spacial score (nSPS) is 17.8. The number of hydrogen-bond donors (Lipinski definition) is 0. The van der Waals surface area contributed by atoms with Crippen molar-refractivity contribution in [2.24, 2.45) is 0 Å². The predicted molar refractivity (Wildman–Crippen MR) is 82.8 cm³/mol. The van der Waals surface area contributed by atoms with Gasteiger partial charge >= 0.3 is 0 Å². The Bertz CT molecular complexity index is 574. The van der Waals surface area contributed by atoms with Gasteiger partial charge in [0.25, 0.3) is 5.69 Å². The van der Waals surface area contributed by atoms with Gasteiger partial charge < -0.3 is 22.0 Å². The van der Waals surface area contributed by atoms with Gasteiger partial charge in [0.15, 0.2) is 0 Å². The van der Waals surface area contributed by atoms with E-state index in [1.54, 1.807) is 0 Å². The summed E-state index contributed by atoms with van der Waals surface area (Å²) >= 11 is 0. The summed E-state index contributed by atoms with van der Waals surface area (Å²) in [6.07, 6.45) is 4.63. The molecule has 0 aliphatic carbocycles. The highest BCUT2D eigenvalue weighted by atomic mass is 35.5. The van der Waals surface area contributed by atoms with E-state index in [2.05, 4.69) is 11.8 Å². The van der Waals surface area contributed by atoms with E-state index in [0.29, 0.717) is 24.0 Å². The number of halogens is 1. The van der Waals surface area contributed by atoms with Gasteiger partial charge in [-0.25, -0.2) is 0 Å². The van der Waals surface area contributed by atoms with Gasteiger partial charge in [0.05, 0.1) is 23.2 Å². The molecule has 0 N–H and O–H groups in total. The molecule has 2 rings (SSSR count). The Labute approximate surface area is 142 Å². The van der Waals surface area contributed by atoms with Gasteiger partial charge in [-0.2, -0.15) is 5.26 Å². The Hall–Kier alpha value is -1.84. The number of piperidine rings is 1. The van der Waals surface area contributed by atoms with Crippen molar-refractivity contribution >= 4 is 5.69 Å². The van der Waals surface area contributed by atoms with Crippen LogP contribution in [0.5, 0.6) is 5.75 Å². The first kappa shape index (κ1) is 19.2. The van der Waals surface area contributed by atoms with Gasteiger partial charge in [0.1, 0.15) is 11.8 Å². The molecule has 7 heteroatoms. The SMILES string of the molecule is CC1CCCCN1CCCOc1cc([N+](=O)[O-])ccc1C#N.[Cl-]. The fraction of sp³-hybridized carbons (Fsp3) is 0.562. The Morgan fingerprint density at radius 1 is 1.48 bits per heavy atom. The largest absolute Gasteiger partial charge is 1.00 e. The summed E-state index contributed by atoms with van der Waals surface area (Å²) in [5.74, 6) is 0.295. The Balaban J connectivity index is 0.00000264. The molecule has 0 bridgehead atoms. The lowest BCUT2D eigenvalue weighted by Crippen LogP contribution is -3.00. The van der Waals surface area contributed by atoms with Crippen LogP contribution in [0.15, 0.2) is 18.2 Å². The van der Waals surface area contributed by atoms with Crippen LogP contribution in [-0.2, 0) is 0 Å². The molecule has 1 aromatic carbocycles. The third kappa shape index (κ3) is 5.38. The molecule has 23 heavy (non-hydrogen) atoms. The van der Waals surface area contributed by atoms with Crippen LogP contribution in [0.4, 0.5) is 5.69 Å². The quantitative estimate of drug-likeness (QED) is 0.418. The Kier molecular flexibility index (Phi) is 7.79. The number of nitriles is 1. The molecule has 0 radical (unpaired) electrons. The van der Waals surface area contributed by atoms with Gasteiger partial charge in [-0.15, -0.1) is 0 Å². The molecular weight excluding hydrogens is 318 g/mol. The molecule has 0 spiro atoms. The zero-order valence-electron chi connectivity index (χ0n) is 13.2. The lowest BCUT2D eigenvalue weighted by atomic mass is 10.0. The number of hydrogen-bond acceptors (Lipinski definition) is 5. The molecule has 126 valence electrons. The fourth-order valence-corrected chi connectivity index (χ4v) is 2.78. The van der Waals surface area contributed by atoms with E-state index in [9.17, 15) is 10.1 Å². The lowest BCUT2D eigenvalue weighted by Gasteiger charge is -2.33. The summed E-state index contributed by atoms with van der Waals surface area (Å²) in [6.45, 7) is 4.78. The smallest absolute Gasteiger partial charge is 0.273 e. The van der Waals surface area contributed by atoms with E-state index >= 15 is 0 Å². The third-order valence-electron chi connectivity index (χ3n) is 4.08. The van der Waals surface area contributed by atoms with Crippen molar-refractivity contribution in [3.63, 3.8) is 0 Å². The van der Waals surface area contributed by atoms with E-state index in [-0.39, 0.29) is 18.1 Å². The molecule has 6 nitrogen and oxygen atoms in total. The molecular formula is C16H21ClN3O3-. The van der Waals surface area contributed by atoms with Crippen LogP contribution >= 0.6 is 0 Å². The van der Waals surface area contributed by atoms with E-state index in [4.69, 9.17) is 10.00 Å². The molecule has 1 aliphatic heterocycles. The van der Waals surface area contributed by atoms with Crippen molar-refractivity contribution in [3.8, 4) is 11.8 Å². The van der Waals surface area contributed by atoms with E-state index in [1.165, 1.54) is 37.5 Å². The summed E-state index contributed by atoms with van der Waals surface area (Å²) in [5, 5.41) is 19.8. The summed E-state index contributed by atoms with van der Waals surface area (Å²) < 4.78 is 5.59. The minimum atomic E-state index is -0.483. The summed E-state index contributed by atoms with van der Waals surface area (Å²) in [4.78, 5) is 12.8. The number of nitro groups is 1. The first-order valence-electron chi connectivity index (χ1n) is 7.67. The van der Waals surface area contributed by atoms with Crippen LogP contribution in [-0.4, -0.2) is 35.6 Å². The number of likely N-dealkylation sites (tertiary alicyclic amines) is 1. The molecule has 1 saturated heterocycles. The Morgan fingerprint density at radius 2 is 2.26 bits per heavy atom. The highest BCUT2D eigenvalue weighted by molar-refractivity contribution is 5.49. The third-order valence-corrected chi connectivity index (χ3v) is 4.08. The standard InChI is InChI=1S/C16H21N3O3.ClH/c1-13-5-2-3-8-18(13)9-4-10-22-16-11-15(19(20)21)7-6-14(16)12-17;/h6-7,11,13H,2-5,8-10H2,1H3;1H/p-1. The maximum Gasteiger partial charge on any atom is 0.273 e. The number of non-ortho nitro benzene ring substituents is 1. The van der Waals surface area contributed by atoms with E-state index in [1.807, 2.05) is 6.07 Å². The fourth-order valence-electron chi connectivity index (χ4n) is 2.78. The van der Waals surface area contributed by atoms with Crippen LogP contribution in [0, 0.1) is 21.4 Å². The van der Waals surface area contributed by atoms with Crippen molar-refractivity contribution < 1.29 is 22.1 Å². The van der Waals surface area contributed by atoms with Gasteiger partial charge in [0, 0.05) is 18.7 Å². The van der Waals surface area contributed by atoms with Crippen molar-refractivity contribution in [1.82, 2.24) is 4.90 Å². The second-order valence-corrected chi connectivity index (χ2v) is 5.63. The number of ether oxygens (including phenoxy) is 1. The van der Waals surface area contributed by atoms with Crippen LogP contribution in [0.3, 0.4) is 0 Å². The molecule has 1 aliphatic rings. The second kappa shape index (κ2) is 9.33. The van der Waals surface area contributed by atoms with Crippen LogP contribution in [0.2, 0.25) is 0 Å². The van der Waals surface area contributed by atoms with Crippen LogP contribution in [0.25, 0.3) is 0 Å². The summed E-state index contributed by atoms with van der Waals surface area (Å²) in [7, 11) is 0. The van der Waals surface area contributed by atoms with Gasteiger partial charge in [-0.1, -0.05) is 6.42 Å². The van der Waals surface area contributed by atoms with E-state index < -0.39 is 4.92 Å². The summed E-state index contributed by atoms with van der Waals surface area (Å²) in [6, 6.07) is 6.69. The van der Waals surface area contributed by atoms with Crippen molar-refractivity contribution in [1.29, 1.82) is 5.26 Å². The van der Waals surface area contributed by atoms with E-state index in [0.717, 1.165) is 19.5 Å². The predicted octanol–water partition coefficient (Wildman–Crippen LogP) is 0.114. The van der Waals surface area contributed by atoms with Gasteiger partial charge in [-0.3, -0.25) is 10.1 Å². The summed E-state index contributed by atoms with van der Waals surface area (Å²) in [5.41, 5.74) is 0.274. The van der Waals surface area contributed by atoms with Crippen molar-refractivity contribution in [2.75, 3.05) is 19.7 Å². The molecule has 0 aromatic heterocycles. The topological polar surface area (TPSA) is 79.4 Å². The molecule has 1 aromatic rings. The highest BCUT2D eigenvalue weighted by Crippen LogP contribution is 2.24. The van der Waals surface area contributed by atoms with Gasteiger partial charge in [0.2, 0.25) is 0 Å². The zero-order chi connectivity index (χ0) is 15.9. The van der Waals surface area contributed by atoms with Crippen molar-refractivity contribution in [3.05, 3.63) is 33.9 Å². The number of rotatable bonds is 6. The first-order valence-corrected chi connectivity index (χ1v) is 7.67. The molecule has 1 heterocycles. The van der Waals surface area contributed by atoms with Crippen LogP contribution in [0.1, 0.15) is 38.2 Å². The average molecular weight is 339 g/mol. The second-order valence-electron chi connectivity index (χ2n) is 5.63. The van der Waals surface area contributed by atoms with Crippen molar-refractivity contribution in [2.45, 2.75) is 38.6 Å². The number of benzene rings is 1. The van der Waals surface area contributed by atoms with Crippen LogP contribution < -0.4 is 17.1 Å². The molecule has 0 saturated carbocycles. The molecule has 1 fully saturated rings. The molecule has 1 atom stereocenters. The minimum Gasteiger partial charge on any atom is -1.00 e. The molecule has 1 unspecified atom stereocenters. The maximum absolute atomic E-state index is 10.8. The lowest BCUT2D eigenvalue weighted by molar-refractivity contribution is -0.384. The van der Waals surface area contributed by atoms with Gasteiger partial charge in [-0.05, 0) is 38.8 Å². The maximum atomic E-state index is 10.8. The monoisotopic (exact) mass is 338 g/mol. The first-order chi connectivity index (χ1) is 10.6. The number of nitro benzene ring substituents is 1. The molecule has 0 amide bonds.